The van der Waals surface area contributed by atoms with Gasteiger partial charge in [0, 0.05) is 15.6 Å². The van der Waals surface area contributed by atoms with Crippen molar-refractivity contribution < 1.29 is 9.53 Å². The number of carbonyl (C=O) groups excluding carboxylic acids is 1. The third-order valence-electron chi connectivity index (χ3n) is 4.85. The predicted octanol–water partition coefficient (Wildman–Crippen LogP) is 6.29. The number of ether oxygens (including phenoxy) is 1. The quantitative estimate of drug-likeness (QED) is 0.303. The molecule has 1 heterocycles. The van der Waals surface area contributed by atoms with E-state index >= 15 is 0 Å². The number of hydrogen-bond donors (Lipinski definition) is 1. The lowest BCUT2D eigenvalue weighted by molar-refractivity contribution is -0.113. The second-order valence-electron chi connectivity index (χ2n) is 7.12. The molecule has 1 N–H and O–H groups in total. The van der Waals surface area contributed by atoms with Gasteiger partial charge in [-0.25, -0.2) is 0 Å². The molecule has 0 fully saturated rings. The Balaban J connectivity index is 1.61. The van der Waals surface area contributed by atoms with Gasteiger partial charge in [-0.2, -0.15) is 0 Å². The maximum absolute atomic E-state index is 12.7. The monoisotopic (exact) mass is 498 g/mol. The number of benzene rings is 3. The van der Waals surface area contributed by atoms with Gasteiger partial charge in [0.1, 0.15) is 5.75 Å². The number of aromatic nitrogens is 3. The highest BCUT2D eigenvalue weighted by Gasteiger charge is 2.18. The van der Waals surface area contributed by atoms with Crippen molar-refractivity contribution in [2.24, 2.45) is 0 Å². The highest BCUT2D eigenvalue weighted by atomic mass is 35.5. The molecule has 1 aromatic heterocycles. The first-order valence-electron chi connectivity index (χ1n) is 10.00. The minimum absolute atomic E-state index is 0.113. The van der Waals surface area contributed by atoms with E-state index in [0.29, 0.717) is 32.5 Å². The highest BCUT2D eigenvalue weighted by molar-refractivity contribution is 7.99. The number of methoxy groups -OCH3 is 1. The van der Waals surface area contributed by atoms with Gasteiger partial charge in [-0.15, -0.1) is 10.2 Å². The molecule has 9 heteroatoms. The molecule has 0 aliphatic rings. The number of halogens is 2. The Morgan fingerprint density at radius 2 is 1.85 bits per heavy atom. The Labute approximate surface area is 205 Å². The van der Waals surface area contributed by atoms with Crippen molar-refractivity contribution in [3.63, 3.8) is 0 Å². The van der Waals surface area contributed by atoms with Crippen LogP contribution in [0, 0.1) is 6.92 Å². The van der Waals surface area contributed by atoms with Crippen LogP contribution in [0.5, 0.6) is 5.75 Å². The molecule has 0 unspecified atom stereocenters. The SMILES string of the molecule is COc1ccc(Cl)cc1NC(=O)CSc1nnc(-c2ccccc2)n1-c1ccc(C)c(Cl)c1. The summed E-state index contributed by atoms with van der Waals surface area (Å²) in [5, 5.41) is 13.3. The lowest BCUT2D eigenvalue weighted by atomic mass is 10.2. The fraction of sp³-hybridized carbons (Fsp3) is 0.125. The number of anilines is 1. The molecule has 0 bridgehead atoms. The van der Waals surface area contributed by atoms with Crippen molar-refractivity contribution in [3.8, 4) is 22.8 Å². The van der Waals surface area contributed by atoms with Gasteiger partial charge in [0.2, 0.25) is 5.91 Å². The maximum atomic E-state index is 12.7. The third kappa shape index (κ3) is 5.33. The van der Waals surface area contributed by atoms with Gasteiger partial charge in [-0.1, -0.05) is 71.4 Å². The van der Waals surface area contributed by atoms with Gasteiger partial charge in [0.25, 0.3) is 0 Å². The van der Waals surface area contributed by atoms with Crippen LogP contribution in [0.25, 0.3) is 17.1 Å². The van der Waals surface area contributed by atoms with E-state index < -0.39 is 0 Å². The van der Waals surface area contributed by atoms with Gasteiger partial charge in [-0.3, -0.25) is 9.36 Å². The largest absolute Gasteiger partial charge is 0.495 e. The summed E-state index contributed by atoms with van der Waals surface area (Å²) in [6.07, 6.45) is 0. The number of rotatable bonds is 7. The average molecular weight is 499 g/mol. The Morgan fingerprint density at radius 1 is 1.06 bits per heavy atom. The molecule has 0 atom stereocenters. The third-order valence-corrected chi connectivity index (χ3v) is 6.42. The van der Waals surface area contributed by atoms with E-state index in [1.54, 1.807) is 18.2 Å². The zero-order valence-electron chi connectivity index (χ0n) is 17.9. The summed E-state index contributed by atoms with van der Waals surface area (Å²) in [5.74, 6) is 1.08. The van der Waals surface area contributed by atoms with Gasteiger partial charge in [-0.05, 0) is 42.8 Å². The van der Waals surface area contributed by atoms with Crippen molar-refractivity contribution in [1.82, 2.24) is 14.8 Å². The lowest BCUT2D eigenvalue weighted by Crippen LogP contribution is -2.15. The van der Waals surface area contributed by atoms with Crippen molar-refractivity contribution in [1.29, 1.82) is 0 Å². The zero-order chi connectivity index (χ0) is 23.4. The first kappa shape index (κ1) is 23.2. The predicted molar refractivity (Wildman–Crippen MR) is 134 cm³/mol. The molecule has 33 heavy (non-hydrogen) atoms. The molecule has 0 radical (unpaired) electrons. The van der Waals surface area contributed by atoms with Crippen LogP contribution in [0.2, 0.25) is 10.0 Å². The van der Waals surface area contributed by atoms with E-state index in [9.17, 15) is 4.79 Å². The van der Waals surface area contributed by atoms with Crippen molar-refractivity contribution in [3.05, 3.63) is 82.3 Å². The van der Waals surface area contributed by atoms with Crippen LogP contribution in [0.15, 0.2) is 71.9 Å². The summed E-state index contributed by atoms with van der Waals surface area (Å²) in [5.41, 5.74) is 3.20. The normalized spacial score (nSPS) is 10.8. The first-order chi connectivity index (χ1) is 16.0. The Kier molecular flexibility index (Phi) is 7.23. The molecule has 0 saturated heterocycles. The summed E-state index contributed by atoms with van der Waals surface area (Å²) in [6, 6.07) is 20.6. The first-order valence-corrected chi connectivity index (χ1v) is 11.7. The zero-order valence-corrected chi connectivity index (χ0v) is 20.2. The smallest absolute Gasteiger partial charge is 0.234 e. The van der Waals surface area contributed by atoms with E-state index in [1.807, 2.05) is 60.0 Å². The van der Waals surface area contributed by atoms with Crippen LogP contribution < -0.4 is 10.1 Å². The topological polar surface area (TPSA) is 69.0 Å². The van der Waals surface area contributed by atoms with Gasteiger partial charge < -0.3 is 10.1 Å². The molecule has 0 spiro atoms. The van der Waals surface area contributed by atoms with Gasteiger partial charge >= 0.3 is 0 Å². The molecular formula is C24H20Cl2N4O2S. The number of aryl methyl sites for hydroxylation is 1. The Morgan fingerprint density at radius 3 is 2.58 bits per heavy atom. The molecule has 0 saturated carbocycles. The van der Waals surface area contributed by atoms with Crippen LogP contribution in [0.1, 0.15) is 5.56 Å². The second-order valence-corrected chi connectivity index (χ2v) is 8.91. The number of carbonyl (C=O) groups is 1. The number of nitrogens with zero attached hydrogens (tertiary/aromatic N) is 3. The highest BCUT2D eigenvalue weighted by Crippen LogP contribution is 2.31. The van der Waals surface area contributed by atoms with Crippen LogP contribution in [-0.4, -0.2) is 33.5 Å². The molecule has 4 rings (SSSR count). The number of amides is 1. The molecule has 168 valence electrons. The van der Waals surface area contributed by atoms with Crippen LogP contribution in [0.4, 0.5) is 5.69 Å². The molecule has 6 nitrogen and oxygen atoms in total. The van der Waals surface area contributed by atoms with Crippen molar-refractivity contribution in [2.45, 2.75) is 12.1 Å². The minimum Gasteiger partial charge on any atom is -0.495 e. The van der Waals surface area contributed by atoms with E-state index in [0.717, 1.165) is 16.8 Å². The fourth-order valence-corrected chi connectivity index (χ4v) is 4.28. The second kappa shape index (κ2) is 10.3. The summed E-state index contributed by atoms with van der Waals surface area (Å²) in [7, 11) is 1.54. The van der Waals surface area contributed by atoms with E-state index in [-0.39, 0.29) is 11.7 Å². The van der Waals surface area contributed by atoms with Crippen LogP contribution in [0.3, 0.4) is 0 Å². The van der Waals surface area contributed by atoms with Crippen molar-refractivity contribution in [2.75, 3.05) is 18.2 Å². The summed E-state index contributed by atoms with van der Waals surface area (Å²) in [6.45, 7) is 1.94. The molecular weight excluding hydrogens is 479 g/mol. The van der Waals surface area contributed by atoms with Crippen LogP contribution in [-0.2, 0) is 4.79 Å². The molecule has 3 aromatic carbocycles. The summed E-state index contributed by atoms with van der Waals surface area (Å²) >= 11 is 13.7. The molecule has 4 aromatic rings. The standard InChI is InChI=1S/C24H20Cl2N4O2S/c1-15-8-10-18(13-19(15)26)30-23(16-6-4-3-5-7-16)28-29-24(30)33-14-22(31)27-20-12-17(25)9-11-21(20)32-2/h3-13H,14H2,1-2H3,(H,27,31). The van der Waals surface area contributed by atoms with Gasteiger partial charge in [0.05, 0.1) is 24.2 Å². The maximum Gasteiger partial charge on any atom is 0.234 e. The molecule has 1 amide bonds. The number of nitrogens with one attached hydrogen (secondary N) is 1. The molecule has 0 aliphatic carbocycles. The van der Waals surface area contributed by atoms with E-state index in [2.05, 4.69) is 15.5 Å². The minimum atomic E-state index is -0.224. The number of thioether (sulfide) groups is 1. The fourth-order valence-electron chi connectivity index (χ4n) is 3.19. The Hall–Kier alpha value is -3.00. The van der Waals surface area contributed by atoms with Crippen LogP contribution >= 0.6 is 35.0 Å². The average Bonchev–Trinajstić information content (AvgIpc) is 3.24. The van der Waals surface area contributed by atoms with E-state index in [1.165, 1.54) is 18.9 Å². The van der Waals surface area contributed by atoms with E-state index in [4.69, 9.17) is 27.9 Å². The Bertz CT molecular complexity index is 1300. The molecule has 0 aliphatic heterocycles. The van der Waals surface area contributed by atoms with Crippen molar-refractivity contribution >= 4 is 46.6 Å². The number of hydrogen-bond acceptors (Lipinski definition) is 5. The lowest BCUT2D eigenvalue weighted by Gasteiger charge is -2.12. The summed E-state index contributed by atoms with van der Waals surface area (Å²) < 4.78 is 7.20. The summed E-state index contributed by atoms with van der Waals surface area (Å²) in [4.78, 5) is 12.7. The van der Waals surface area contributed by atoms with Gasteiger partial charge in [0.15, 0.2) is 11.0 Å².